The number of ether oxygens (including phenoxy) is 1. The van der Waals surface area contributed by atoms with Crippen molar-refractivity contribution in [2.24, 2.45) is 0 Å². The molecule has 2 rings (SSSR count). The second-order valence-electron chi connectivity index (χ2n) is 4.45. The Balaban J connectivity index is 1.80. The number of nitrogens with one attached hydrogen (secondary N) is 1. The Morgan fingerprint density at radius 1 is 1.40 bits per heavy atom. The molecular formula is C11H20N2O2. The summed E-state index contributed by atoms with van der Waals surface area (Å²) in [6.07, 6.45) is 5.11. The molecule has 1 N–H and O–H groups in total. The van der Waals surface area contributed by atoms with Gasteiger partial charge >= 0.3 is 5.97 Å². The highest BCUT2D eigenvalue weighted by Crippen LogP contribution is 2.26. The Hall–Kier alpha value is -0.610. The highest BCUT2D eigenvalue weighted by Gasteiger charge is 2.35. The van der Waals surface area contributed by atoms with Crippen LogP contribution >= 0.6 is 0 Å². The lowest BCUT2D eigenvalue weighted by Gasteiger charge is -2.32. The van der Waals surface area contributed by atoms with Gasteiger partial charge in [0.15, 0.2) is 0 Å². The molecule has 86 valence electrons. The molecule has 4 nitrogen and oxygen atoms in total. The lowest BCUT2D eigenvalue weighted by molar-refractivity contribution is -0.139. The van der Waals surface area contributed by atoms with Gasteiger partial charge in [0.2, 0.25) is 0 Å². The number of hydrogen-bond acceptors (Lipinski definition) is 4. The van der Waals surface area contributed by atoms with Crippen LogP contribution in [0.15, 0.2) is 0 Å². The normalized spacial score (nSPS) is 31.3. The van der Waals surface area contributed by atoms with E-state index in [1.807, 2.05) is 0 Å². The van der Waals surface area contributed by atoms with Gasteiger partial charge in [-0.1, -0.05) is 6.42 Å². The molecule has 0 radical (unpaired) electrons. The number of esters is 1. The van der Waals surface area contributed by atoms with E-state index >= 15 is 0 Å². The van der Waals surface area contributed by atoms with E-state index in [1.165, 1.54) is 45.9 Å². The van der Waals surface area contributed by atoms with Crippen LogP contribution < -0.4 is 5.32 Å². The SMILES string of the molecule is COC(=O)CNC1CCN2CCCCC12. The highest BCUT2D eigenvalue weighted by molar-refractivity contribution is 5.71. The summed E-state index contributed by atoms with van der Waals surface area (Å²) in [5.74, 6) is -0.163. The van der Waals surface area contributed by atoms with Crippen LogP contribution in [0.4, 0.5) is 0 Å². The number of fused-ring (bicyclic) bond motifs is 1. The highest BCUT2D eigenvalue weighted by atomic mass is 16.5. The van der Waals surface area contributed by atoms with Gasteiger partial charge in [-0.2, -0.15) is 0 Å². The molecule has 0 bridgehead atoms. The molecule has 2 fully saturated rings. The molecule has 0 aromatic heterocycles. The Morgan fingerprint density at radius 2 is 2.27 bits per heavy atom. The predicted octanol–water partition coefficient (Wildman–Crippen LogP) is 0.376. The fourth-order valence-corrected chi connectivity index (χ4v) is 2.77. The molecule has 0 aromatic rings. The average Bonchev–Trinajstić information content (AvgIpc) is 2.69. The molecule has 15 heavy (non-hydrogen) atoms. The van der Waals surface area contributed by atoms with Gasteiger partial charge in [-0.3, -0.25) is 9.69 Å². The van der Waals surface area contributed by atoms with Crippen molar-refractivity contribution in [1.82, 2.24) is 10.2 Å². The molecule has 0 aromatic carbocycles. The molecule has 0 spiro atoms. The fourth-order valence-electron chi connectivity index (χ4n) is 2.77. The Morgan fingerprint density at radius 3 is 3.07 bits per heavy atom. The molecule has 2 saturated heterocycles. The van der Waals surface area contributed by atoms with Gasteiger partial charge < -0.3 is 10.1 Å². The first-order chi connectivity index (χ1) is 7.31. The van der Waals surface area contributed by atoms with Crippen molar-refractivity contribution in [3.8, 4) is 0 Å². The summed E-state index contributed by atoms with van der Waals surface area (Å²) in [4.78, 5) is 13.6. The van der Waals surface area contributed by atoms with E-state index in [1.54, 1.807) is 0 Å². The van der Waals surface area contributed by atoms with Crippen molar-refractivity contribution in [3.05, 3.63) is 0 Å². The van der Waals surface area contributed by atoms with Gasteiger partial charge in [-0.25, -0.2) is 0 Å². The first-order valence-electron chi connectivity index (χ1n) is 5.85. The van der Waals surface area contributed by atoms with Crippen molar-refractivity contribution in [1.29, 1.82) is 0 Å². The largest absolute Gasteiger partial charge is 0.468 e. The summed E-state index contributed by atoms with van der Waals surface area (Å²) in [5.41, 5.74) is 0. The van der Waals surface area contributed by atoms with E-state index in [2.05, 4.69) is 15.0 Å². The number of rotatable bonds is 3. The molecule has 0 aliphatic carbocycles. The molecule has 2 atom stereocenters. The summed E-state index contributed by atoms with van der Waals surface area (Å²) in [6, 6.07) is 1.15. The minimum atomic E-state index is -0.163. The van der Waals surface area contributed by atoms with Crippen LogP contribution in [-0.4, -0.2) is 49.7 Å². The Labute approximate surface area is 91.0 Å². The van der Waals surface area contributed by atoms with Crippen LogP contribution in [0.5, 0.6) is 0 Å². The standard InChI is InChI=1S/C11H20N2O2/c1-15-11(14)8-12-9-5-7-13-6-3-2-4-10(9)13/h9-10,12H,2-8H2,1H3. The van der Waals surface area contributed by atoms with Gasteiger partial charge in [-0.15, -0.1) is 0 Å². The number of methoxy groups -OCH3 is 1. The van der Waals surface area contributed by atoms with Gasteiger partial charge in [0.1, 0.15) is 0 Å². The van der Waals surface area contributed by atoms with E-state index in [9.17, 15) is 4.79 Å². The zero-order chi connectivity index (χ0) is 10.7. The summed E-state index contributed by atoms with van der Waals surface area (Å²) < 4.78 is 4.63. The summed E-state index contributed by atoms with van der Waals surface area (Å²) in [6.45, 7) is 2.77. The minimum Gasteiger partial charge on any atom is -0.468 e. The number of carbonyl (C=O) groups is 1. The van der Waals surface area contributed by atoms with Gasteiger partial charge in [-0.05, 0) is 25.8 Å². The van der Waals surface area contributed by atoms with Gasteiger partial charge in [0.05, 0.1) is 13.7 Å². The third-order valence-electron chi connectivity index (χ3n) is 3.59. The van der Waals surface area contributed by atoms with Gasteiger partial charge in [0.25, 0.3) is 0 Å². The van der Waals surface area contributed by atoms with Crippen LogP contribution in [0, 0.1) is 0 Å². The van der Waals surface area contributed by atoms with Crippen LogP contribution in [0.25, 0.3) is 0 Å². The van der Waals surface area contributed by atoms with Crippen LogP contribution in [-0.2, 0) is 9.53 Å². The molecule has 2 aliphatic rings. The van der Waals surface area contributed by atoms with E-state index in [-0.39, 0.29) is 5.97 Å². The molecule has 4 heteroatoms. The zero-order valence-corrected chi connectivity index (χ0v) is 9.37. The number of carbonyl (C=O) groups excluding carboxylic acids is 1. The van der Waals surface area contributed by atoms with Crippen LogP contribution in [0.3, 0.4) is 0 Å². The Kier molecular flexibility index (Phi) is 3.59. The maximum Gasteiger partial charge on any atom is 0.319 e. The van der Waals surface area contributed by atoms with Crippen LogP contribution in [0.1, 0.15) is 25.7 Å². The van der Waals surface area contributed by atoms with Crippen molar-refractivity contribution >= 4 is 5.97 Å². The lowest BCUT2D eigenvalue weighted by atomic mass is 9.99. The quantitative estimate of drug-likeness (QED) is 0.687. The van der Waals surface area contributed by atoms with E-state index in [0.717, 1.165) is 0 Å². The smallest absolute Gasteiger partial charge is 0.319 e. The fraction of sp³-hybridized carbons (Fsp3) is 0.909. The second kappa shape index (κ2) is 4.94. The maximum absolute atomic E-state index is 11.0. The predicted molar refractivity (Wildman–Crippen MR) is 57.6 cm³/mol. The minimum absolute atomic E-state index is 0.163. The number of hydrogen-bond donors (Lipinski definition) is 1. The first kappa shape index (κ1) is 10.9. The zero-order valence-electron chi connectivity index (χ0n) is 9.37. The summed E-state index contributed by atoms with van der Waals surface area (Å²) >= 11 is 0. The molecule has 0 saturated carbocycles. The molecule has 0 amide bonds. The average molecular weight is 212 g/mol. The van der Waals surface area contributed by atoms with Crippen molar-refractivity contribution in [3.63, 3.8) is 0 Å². The van der Waals surface area contributed by atoms with E-state index in [0.29, 0.717) is 18.6 Å². The van der Waals surface area contributed by atoms with Crippen LogP contribution in [0.2, 0.25) is 0 Å². The maximum atomic E-state index is 11.0. The summed E-state index contributed by atoms with van der Waals surface area (Å²) in [7, 11) is 1.44. The van der Waals surface area contributed by atoms with Crippen molar-refractivity contribution in [2.45, 2.75) is 37.8 Å². The third-order valence-corrected chi connectivity index (χ3v) is 3.59. The van der Waals surface area contributed by atoms with E-state index in [4.69, 9.17) is 0 Å². The monoisotopic (exact) mass is 212 g/mol. The lowest BCUT2D eigenvalue weighted by Crippen LogP contribution is -2.46. The number of piperidine rings is 1. The topological polar surface area (TPSA) is 41.6 Å². The van der Waals surface area contributed by atoms with Crippen molar-refractivity contribution < 1.29 is 9.53 Å². The Bertz CT molecular complexity index is 233. The summed E-state index contributed by atoms with van der Waals surface area (Å²) in [5, 5.41) is 3.32. The molecular weight excluding hydrogens is 192 g/mol. The second-order valence-corrected chi connectivity index (χ2v) is 4.45. The molecule has 2 heterocycles. The van der Waals surface area contributed by atoms with Gasteiger partial charge in [0, 0.05) is 18.6 Å². The molecule has 2 unspecified atom stereocenters. The first-order valence-corrected chi connectivity index (χ1v) is 5.85. The number of nitrogens with zero attached hydrogens (tertiary/aromatic N) is 1. The molecule has 2 aliphatic heterocycles. The van der Waals surface area contributed by atoms with E-state index < -0.39 is 0 Å². The third kappa shape index (κ3) is 2.49. The van der Waals surface area contributed by atoms with Crippen molar-refractivity contribution in [2.75, 3.05) is 26.7 Å².